The number of carbonyl (C=O) groups excluding carboxylic acids is 2. The summed E-state index contributed by atoms with van der Waals surface area (Å²) in [7, 11) is 0. The molecule has 0 aromatic heterocycles. The summed E-state index contributed by atoms with van der Waals surface area (Å²) >= 11 is 0. The number of hydrogen-bond donors (Lipinski definition) is 2. The minimum Gasteiger partial charge on any atom is -0.379 e. The molecule has 1 unspecified atom stereocenters. The highest BCUT2D eigenvalue weighted by atomic mass is 16.5. The molecule has 0 spiro atoms. The van der Waals surface area contributed by atoms with Crippen molar-refractivity contribution in [2.24, 2.45) is 5.92 Å². The maximum Gasteiger partial charge on any atom is 0.251 e. The van der Waals surface area contributed by atoms with E-state index in [9.17, 15) is 9.59 Å². The van der Waals surface area contributed by atoms with E-state index in [1.807, 2.05) is 56.3 Å². The summed E-state index contributed by atoms with van der Waals surface area (Å²) in [5, 5.41) is 5.91. The number of ether oxygens (including phenoxy) is 1. The third-order valence-electron chi connectivity index (χ3n) is 5.95. The predicted molar refractivity (Wildman–Crippen MR) is 132 cm³/mol. The first-order valence-corrected chi connectivity index (χ1v) is 11.7. The minimum absolute atomic E-state index is 0.0195. The Morgan fingerprint density at radius 1 is 1.03 bits per heavy atom. The minimum atomic E-state index is -0.636. The highest BCUT2D eigenvalue weighted by molar-refractivity contribution is 6.01. The summed E-state index contributed by atoms with van der Waals surface area (Å²) in [4.78, 5) is 28.2. The van der Waals surface area contributed by atoms with Crippen LogP contribution in [0.2, 0.25) is 0 Å². The van der Waals surface area contributed by atoms with Gasteiger partial charge in [0.2, 0.25) is 5.91 Å². The van der Waals surface area contributed by atoms with Gasteiger partial charge in [0, 0.05) is 30.9 Å². The molecule has 2 aromatic rings. The van der Waals surface area contributed by atoms with Crippen LogP contribution < -0.4 is 10.6 Å². The van der Waals surface area contributed by atoms with E-state index in [-0.39, 0.29) is 23.1 Å². The largest absolute Gasteiger partial charge is 0.379 e. The number of amides is 2. The second kappa shape index (κ2) is 10.9. The molecule has 33 heavy (non-hydrogen) atoms. The fourth-order valence-electron chi connectivity index (χ4n) is 3.87. The van der Waals surface area contributed by atoms with Crippen LogP contribution in [0.4, 0.5) is 5.69 Å². The Morgan fingerprint density at radius 2 is 1.70 bits per heavy atom. The summed E-state index contributed by atoms with van der Waals surface area (Å²) in [5.41, 5.74) is 3.60. The van der Waals surface area contributed by atoms with E-state index >= 15 is 0 Å². The van der Waals surface area contributed by atoms with Crippen molar-refractivity contribution in [2.45, 2.75) is 52.6 Å². The van der Waals surface area contributed by atoms with Crippen molar-refractivity contribution in [3.8, 4) is 0 Å². The van der Waals surface area contributed by atoms with Crippen LogP contribution in [0, 0.1) is 5.92 Å². The van der Waals surface area contributed by atoms with E-state index in [1.165, 1.54) is 0 Å². The van der Waals surface area contributed by atoms with Gasteiger partial charge >= 0.3 is 0 Å². The number of anilines is 1. The first-order chi connectivity index (χ1) is 15.6. The zero-order valence-corrected chi connectivity index (χ0v) is 20.5. The zero-order valence-electron chi connectivity index (χ0n) is 20.5. The van der Waals surface area contributed by atoms with Crippen LogP contribution >= 0.6 is 0 Å². The number of rotatable bonds is 7. The van der Waals surface area contributed by atoms with Crippen LogP contribution in [-0.2, 0) is 21.5 Å². The maximum absolute atomic E-state index is 13.1. The van der Waals surface area contributed by atoms with Crippen molar-refractivity contribution in [3.63, 3.8) is 0 Å². The molecular formula is C27H37N3O3. The van der Waals surface area contributed by atoms with E-state index in [4.69, 9.17) is 4.74 Å². The average molecular weight is 452 g/mol. The van der Waals surface area contributed by atoms with Crippen molar-refractivity contribution < 1.29 is 14.3 Å². The van der Waals surface area contributed by atoms with E-state index in [1.54, 1.807) is 0 Å². The molecular weight excluding hydrogens is 414 g/mol. The summed E-state index contributed by atoms with van der Waals surface area (Å²) in [6.07, 6.45) is 0. The zero-order chi connectivity index (χ0) is 24.0. The standard InChI is InChI=1S/C27H37N3O3/c1-19(2)24(29-25(31)21-9-11-22(12-10-21)27(3,4)5)26(32)28-23-8-6-7-20(17-23)18-30-13-15-33-16-14-30/h6-12,17,19,24H,13-16,18H2,1-5H3,(H,28,32)(H,29,31). The summed E-state index contributed by atoms with van der Waals surface area (Å²) in [5.74, 6) is -0.516. The van der Waals surface area contributed by atoms with Crippen molar-refractivity contribution in [3.05, 3.63) is 65.2 Å². The van der Waals surface area contributed by atoms with Crippen molar-refractivity contribution in [2.75, 3.05) is 31.6 Å². The fraction of sp³-hybridized carbons (Fsp3) is 0.481. The van der Waals surface area contributed by atoms with Crippen LogP contribution in [0.1, 0.15) is 56.1 Å². The molecule has 1 saturated heterocycles. The molecule has 178 valence electrons. The lowest BCUT2D eigenvalue weighted by molar-refractivity contribution is -0.118. The molecule has 1 fully saturated rings. The second-order valence-corrected chi connectivity index (χ2v) is 10.1. The van der Waals surface area contributed by atoms with Crippen LogP contribution in [0.5, 0.6) is 0 Å². The number of hydrogen-bond acceptors (Lipinski definition) is 4. The van der Waals surface area contributed by atoms with E-state index < -0.39 is 6.04 Å². The first kappa shape index (κ1) is 24.9. The van der Waals surface area contributed by atoms with Crippen molar-refractivity contribution in [1.82, 2.24) is 10.2 Å². The van der Waals surface area contributed by atoms with E-state index in [0.29, 0.717) is 5.56 Å². The van der Waals surface area contributed by atoms with Crippen molar-refractivity contribution in [1.29, 1.82) is 0 Å². The van der Waals surface area contributed by atoms with Gasteiger partial charge in [0.05, 0.1) is 13.2 Å². The Kier molecular flexibility index (Phi) is 8.27. The van der Waals surface area contributed by atoms with Gasteiger partial charge in [-0.25, -0.2) is 0 Å². The highest BCUT2D eigenvalue weighted by Crippen LogP contribution is 2.22. The lowest BCUT2D eigenvalue weighted by Crippen LogP contribution is -2.47. The molecule has 6 nitrogen and oxygen atoms in total. The van der Waals surface area contributed by atoms with Gasteiger partial charge in [0.25, 0.3) is 5.91 Å². The fourth-order valence-corrected chi connectivity index (χ4v) is 3.87. The number of nitrogens with one attached hydrogen (secondary N) is 2. The predicted octanol–water partition coefficient (Wildman–Crippen LogP) is 4.21. The number of carbonyl (C=O) groups is 2. The normalized spacial score (nSPS) is 15.8. The summed E-state index contributed by atoms with van der Waals surface area (Å²) < 4.78 is 5.41. The molecule has 1 aliphatic rings. The van der Waals surface area contributed by atoms with Crippen LogP contribution in [0.15, 0.2) is 48.5 Å². The van der Waals surface area contributed by atoms with Gasteiger partial charge in [-0.3, -0.25) is 14.5 Å². The van der Waals surface area contributed by atoms with Gasteiger partial charge in [-0.2, -0.15) is 0 Å². The molecule has 2 aromatic carbocycles. The summed E-state index contributed by atoms with van der Waals surface area (Å²) in [6, 6.07) is 14.8. The smallest absolute Gasteiger partial charge is 0.251 e. The molecule has 6 heteroatoms. The molecule has 3 rings (SSSR count). The quantitative estimate of drug-likeness (QED) is 0.662. The van der Waals surface area contributed by atoms with Gasteiger partial charge in [0.1, 0.15) is 6.04 Å². The first-order valence-electron chi connectivity index (χ1n) is 11.7. The van der Waals surface area contributed by atoms with Gasteiger partial charge in [0.15, 0.2) is 0 Å². The maximum atomic E-state index is 13.1. The number of benzene rings is 2. The Labute approximate surface area is 197 Å². The van der Waals surface area contributed by atoms with Crippen molar-refractivity contribution >= 4 is 17.5 Å². The summed E-state index contributed by atoms with van der Waals surface area (Å²) in [6.45, 7) is 14.4. The Bertz CT molecular complexity index is 942. The van der Waals surface area contributed by atoms with Crippen LogP contribution in [0.25, 0.3) is 0 Å². The molecule has 0 saturated carbocycles. The Morgan fingerprint density at radius 3 is 2.30 bits per heavy atom. The molecule has 0 aliphatic carbocycles. The Hall–Kier alpha value is -2.70. The van der Waals surface area contributed by atoms with Gasteiger partial charge in [-0.1, -0.05) is 58.9 Å². The van der Waals surface area contributed by atoms with E-state index in [0.717, 1.165) is 49.7 Å². The van der Waals surface area contributed by atoms with E-state index in [2.05, 4.69) is 42.4 Å². The SMILES string of the molecule is CC(C)C(NC(=O)c1ccc(C(C)(C)C)cc1)C(=O)Nc1cccc(CN2CCOCC2)c1. The lowest BCUT2D eigenvalue weighted by atomic mass is 9.86. The molecule has 2 amide bonds. The topological polar surface area (TPSA) is 70.7 Å². The molecule has 0 bridgehead atoms. The number of nitrogens with zero attached hydrogens (tertiary/aromatic N) is 1. The highest BCUT2D eigenvalue weighted by Gasteiger charge is 2.25. The van der Waals surface area contributed by atoms with Crippen LogP contribution in [0.3, 0.4) is 0 Å². The molecule has 2 N–H and O–H groups in total. The van der Waals surface area contributed by atoms with Gasteiger partial charge in [-0.05, 0) is 46.7 Å². The third-order valence-corrected chi connectivity index (χ3v) is 5.95. The molecule has 1 atom stereocenters. The lowest BCUT2D eigenvalue weighted by Gasteiger charge is -2.26. The van der Waals surface area contributed by atoms with Gasteiger partial charge in [-0.15, -0.1) is 0 Å². The average Bonchev–Trinajstić information content (AvgIpc) is 2.77. The Balaban J connectivity index is 1.64. The van der Waals surface area contributed by atoms with Gasteiger partial charge < -0.3 is 15.4 Å². The second-order valence-electron chi connectivity index (χ2n) is 10.1. The third kappa shape index (κ3) is 7.14. The monoisotopic (exact) mass is 451 g/mol. The number of morpholine rings is 1. The molecule has 0 radical (unpaired) electrons. The molecule has 1 heterocycles. The molecule has 1 aliphatic heterocycles. The van der Waals surface area contributed by atoms with Crippen LogP contribution in [-0.4, -0.2) is 49.1 Å².